The highest BCUT2D eigenvalue weighted by atomic mass is 19.4. The van der Waals surface area contributed by atoms with Crippen LogP contribution in [0.2, 0.25) is 0 Å². The number of aromatic nitrogens is 2. The van der Waals surface area contributed by atoms with Crippen LogP contribution in [0.1, 0.15) is 30.3 Å². The molecule has 0 aliphatic heterocycles. The molecular formula is C13H8F5N3. The first-order valence-corrected chi connectivity index (χ1v) is 6.13. The normalized spacial score (nSPS) is 16.2. The lowest BCUT2D eigenvalue weighted by Gasteiger charge is -2.20. The van der Waals surface area contributed by atoms with Crippen molar-refractivity contribution in [2.24, 2.45) is 0 Å². The first-order valence-electron chi connectivity index (χ1n) is 6.13. The van der Waals surface area contributed by atoms with Crippen molar-refractivity contribution in [3.05, 3.63) is 29.6 Å². The van der Waals surface area contributed by atoms with Gasteiger partial charge in [0.15, 0.2) is 5.82 Å². The minimum Gasteiger partial charge on any atom is -0.319 e. The summed E-state index contributed by atoms with van der Waals surface area (Å²) in [6.45, 7) is 0. The molecule has 0 atom stereocenters. The maximum absolute atomic E-state index is 13.7. The lowest BCUT2D eigenvalue weighted by Crippen LogP contribution is -2.36. The molecule has 3 nitrogen and oxygen atoms in total. The molecule has 1 aromatic carbocycles. The molecule has 1 saturated carbocycles. The van der Waals surface area contributed by atoms with E-state index in [2.05, 4.69) is 4.98 Å². The average Bonchev–Trinajstić information content (AvgIpc) is 3.16. The fraction of sp³-hybridized carbons (Fsp3) is 0.385. The highest BCUT2D eigenvalue weighted by Crippen LogP contribution is 2.48. The molecule has 3 rings (SSSR count). The van der Waals surface area contributed by atoms with Gasteiger partial charge in [-0.1, -0.05) is 0 Å². The summed E-state index contributed by atoms with van der Waals surface area (Å²) in [5.74, 6) is -6.33. The predicted molar refractivity (Wildman–Crippen MR) is 62.7 cm³/mol. The lowest BCUT2D eigenvalue weighted by atomic mass is 10.2. The third kappa shape index (κ3) is 2.04. The molecule has 8 heteroatoms. The van der Waals surface area contributed by atoms with Crippen molar-refractivity contribution in [1.29, 1.82) is 5.26 Å². The van der Waals surface area contributed by atoms with Gasteiger partial charge in [0, 0.05) is 6.04 Å². The summed E-state index contributed by atoms with van der Waals surface area (Å²) in [5.41, 5.74) is 0.320. The topological polar surface area (TPSA) is 41.6 Å². The van der Waals surface area contributed by atoms with E-state index in [1.165, 1.54) is 18.2 Å². The molecule has 1 heterocycles. The van der Waals surface area contributed by atoms with Crippen molar-refractivity contribution < 1.29 is 22.0 Å². The van der Waals surface area contributed by atoms with E-state index in [9.17, 15) is 22.0 Å². The second kappa shape index (κ2) is 4.16. The second-order valence-electron chi connectivity index (χ2n) is 4.92. The molecule has 1 aliphatic carbocycles. The van der Waals surface area contributed by atoms with Gasteiger partial charge in [-0.25, -0.2) is 4.98 Å². The Morgan fingerprint density at radius 3 is 2.38 bits per heavy atom. The average molecular weight is 301 g/mol. The van der Waals surface area contributed by atoms with E-state index in [4.69, 9.17) is 5.26 Å². The molecule has 0 spiro atoms. The Bertz CT molecular complexity index is 749. The third-order valence-electron chi connectivity index (χ3n) is 3.37. The minimum absolute atomic E-state index is 0.0279. The number of rotatable bonds is 2. The van der Waals surface area contributed by atoms with Gasteiger partial charge >= 0.3 is 12.1 Å². The van der Waals surface area contributed by atoms with E-state index in [1.54, 1.807) is 6.07 Å². The Balaban J connectivity index is 2.27. The maximum atomic E-state index is 13.7. The molecule has 0 radical (unpaired) electrons. The van der Waals surface area contributed by atoms with Gasteiger partial charge in [0.2, 0.25) is 0 Å². The van der Waals surface area contributed by atoms with Gasteiger partial charge in [-0.3, -0.25) is 0 Å². The molecule has 1 fully saturated rings. The van der Waals surface area contributed by atoms with Crippen molar-refractivity contribution in [3.63, 3.8) is 0 Å². The number of alkyl halides is 5. The molecule has 1 aromatic heterocycles. The summed E-state index contributed by atoms with van der Waals surface area (Å²) in [6.07, 6.45) is -4.64. The monoisotopic (exact) mass is 301 g/mol. The van der Waals surface area contributed by atoms with Crippen molar-refractivity contribution in [2.45, 2.75) is 31.0 Å². The van der Waals surface area contributed by atoms with Gasteiger partial charge in [0.05, 0.1) is 22.7 Å². The molecule has 21 heavy (non-hydrogen) atoms. The second-order valence-corrected chi connectivity index (χ2v) is 4.92. The van der Waals surface area contributed by atoms with Crippen LogP contribution in [-0.2, 0) is 5.92 Å². The number of halogens is 5. The van der Waals surface area contributed by atoms with Gasteiger partial charge in [-0.15, -0.1) is 0 Å². The van der Waals surface area contributed by atoms with E-state index in [-0.39, 0.29) is 16.6 Å². The van der Waals surface area contributed by atoms with Crippen LogP contribution in [0.5, 0.6) is 0 Å². The Morgan fingerprint density at radius 2 is 1.86 bits per heavy atom. The van der Waals surface area contributed by atoms with Crippen LogP contribution < -0.4 is 0 Å². The minimum atomic E-state index is -5.71. The Hall–Kier alpha value is -2.17. The molecule has 1 aliphatic rings. The predicted octanol–water partition coefficient (Wildman–Crippen LogP) is 3.90. The Labute approximate surface area is 115 Å². The number of hydrogen-bond donors (Lipinski definition) is 0. The molecule has 0 amide bonds. The zero-order chi connectivity index (χ0) is 15.4. The summed E-state index contributed by atoms with van der Waals surface area (Å²) < 4.78 is 66.1. The summed E-state index contributed by atoms with van der Waals surface area (Å²) >= 11 is 0. The molecule has 0 N–H and O–H groups in total. The third-order valence-corrected chi connectivity index (χ3v) is 3.37. The van der Waals surface area contributed by atoms with Crippen LogP contribution >= 0.6 is 0 Å². The van der Waals surface area contributed by atoms with Gasteiger partial charge < -0.3 is 4.57 Å². The number of nitrogens with zero attached hydrogens (tertiary/aromatic N) is 3. The summed E-state index contributed by atoms with van der Waals surface area (Å²) in [4.78, 5) is 3.46. The number of hydrogen-bond acceptors (Lipinski definition) is 2. The molecule has 0 bridgehead atoms. The van der Waals surface area contributed by atoms with Gasteiger partial charge in [-0.2, -0.15) is 27.2 Å². The fourth-order valence-electron chi connectivity index (χ4n) is 2.22. The summed E-state index contributed by atoms with van der Waals surface area (Å²) in [7, 11) is 0. The Kier molecular flexibility index (Phi) is 2.74. The largest absolute Gasteiger partial charge is 0.461 e. The Morgan fingerprint density at radius 1 is 1.19 bits per heavy atom. The van der Waals surface area contributed by atoms with Crippen LogP contribution in [0.3, 0.4) is 0 Å². The van der Waals surface area contributed by atoms with E-state index < -0.39 is 24.0 Å². The van der Waals surface area contributed by atoms with Crippen molar-refractivity contribution in [1.82, 2.24) is 9.55 Å². The highest BCUT2D eigenvalue weighted by Gasteiger charge is 2.62. The summed E-state index contributed by atoms with van der Waals surface area (Å²) in [5, 5.41) is 8.77. The number of benzene rings is 1. The van der Waals surface area contributed by atoms with Crippen LogP contribution in [0.15, 0.2) is 18.2 Å². The molecule has 110 valence electrons. The van der Waals surface area contributed by atoms with Gasteiger partial charge in [-0.05, 0) is 31.0 Å². The molecule has 0 saturated heterocycles. The number of imidazole rings is 1. The van der Waals surface area contributed by atoms with E-state index >= 15 is 0 Å². The van der Waals surface area contributed by atoms with Crippen LogP contribution in [0.4, 0.5) is 22.0 Å². The first kappa shape index (κ1) is 13.8. The molecule has 2 aromatic rings. The number of fused-ring (bicyclic) bond motifs is 1. The zero-order valence-electron chi connectivity index (χ0n) is 10.5. The molecular weight excluding hydrogens is 293 g/mol. The number of nitriles is 1. The highest BCUT2D eigenvalue weighted by molar-refractivity contribution is 5.78. The van der Waals surface area contributed by atoms with E-state index in [0.717, 1.165) is 4.57 Å². The fourth-order valence-corrected chi connectivity index (χ4v) is 2.22. The molecule has 0 unspecified atom stereocenters. The van der Waals surface area contributed by atoms with Crippen molar-refractivity contribution >= 4 is 11.0 Å². The van der Waals surface area contributed by atoms with Crippen molar-refractivity contribution in [2.75, 3.05) is 0 Å². The smallest absolute Gasteiger partial charge is 0.319 e. The van der Waals surface area contributed by atoms with E-state index in [0.29, 0.717) is 12.8 Å². The zero-order valence-corrected chi connectivity index (χ0v) is 10.5. The SMILES string of the molecule is N#Cc1ccc2c(c1)nc(C(F)(F)C(F)(F)F)n2C1CC1. The van der Waals surface area contributed by atoms with Crippen LogP contribution in [0.25, 0.3) is 11.0 Å². The maximum Gasteiger partial charge on any atom is 0.461 e. The summed E-state index contributed by atoms with van der Waals surface area (Å²) in [6, 6.07) is 5.35. The van der Waals surface area contributed by atoms with Crippen LogP contribution in [-0.4, -0.2) is 15.7 Å². The van der Waals surface area contributed by atoms with Crippen LogP contribution in [0, 0.1) is 11.3 Å². The lowest BCUT2D eigenvalue weighted by molar-refractivity contribution is -0.293. The first-order chi connectivity index (χ1) is 9.75. The standard InChI is InChI=1S/C13H8F5N3/c14-12(15,13(16,17)18)11-20-9-5-7(6-19)1-4-10(9)21(11)8-2-3-8/h1,4-5,8H,2-3H2. The quantitative estimate of drug-likeness (QED) is 0.789. The van der Waals surface area contributed by atoms with Gasteiger partial charge in [0.1, 0.15) is 0 Å². The van der Waals surface area contributed by atoms with Gasteiger partial charge in [0.25, 0.3) is 0 Å². The van der Waals surface area contributed by atoms with Crippen molar-refractivity contribution in [3.8, 4) is 6.07 Å². The van der Waals surface area contributed by atoms with E-state index in [1.807, 2.05) is 0 Å².